The standard InChI is InChI=1S/C15H17N3O3/c1-17(10-7-15(20)21)14(19)11-12-3-5-13(6-4-12)18-9-2-8-16-18/h2-6,8-9H,7,10-11H2,1H3,(H,20,21). The van der Waals surface area contributed by atoms with E-state index in [1.807, 2.05) is 36.5 Å². The maximum absolute atomic E-state index is 12.0. The zero-order valence-corrected chi connectivity index (χ0v) is 11.8. The molecule has 0 aliphatic heterocycles. The number of aliphatic carboxylic acids is 1. The van der Waals surface area contributed by atoms with Crippen LogP contribution in [-0.2, 0) is 16.0 Å². The normalized spacial score (nSPS) is 10.3. The van der Waals surface area contributed by atoms with E-state index in [2.05, 4.69) is 5.10 Å². The van der Waals surface area contributed by atoms with Gasteiger partial charge in [0.25, 0.3) is 0 Å². The van der Waals surface area contributed by atoms with E-state index in [0.29, 0.717) is 0 Å². The van der Waals surface area contributed by atoms with Gasteiger partial charge in [0.15, 0.2) is 0 Å². The van der Waals surface area contributed by atoms with Crippen LogP contribution in [0.2, 0.25) is 0 Å². The largest absolute Gasteiger partial charge is 0.481 e. The number of carboxylic acid groups (broad SMARTS) is 1. The van der Waals surface area contributed by atoms with Crippen LogP contribution in [0.1, 0.15) is 12.0 Å². The fourth-order valence-corrected chi connectivity index (χ4v) is 1.89. The van der Waals surface area contributed by atoms with Gasteiger partial charge in [-0.3, -0.25) is 9.59 Å². The maximum atomic E-state index is 12.0. The Morgan fingerprint density at radius 2 is 2.00 bits per heavy atom. The lowest BCUT2D eigenvalue weighted by Crippen LogP contribution is -2.30. The van der Waals surface area contributed by atoms with Gasteiger partial charge < -0.3 is 10.0 Å². The number of carbonyl (C=O) groups is 2. The average Bonchev–Trinajstić information content (AvgIpc) is 2.99. The lowest BCUT2D eigenvalue weighted by Gasteiger charge is -2.16. The molecule has 1 amide bonds. The van der Waals surface area contributed by atoms with E-state index in [-0.39, 0.29) is 25.3 Å². The topological polar surface area (TPSA) is 75.4 Å². The van der Waals surface area contributed by atoms with Crippen molar-refractivity contribution in [3.8, 4) is 5.69 Å². The highest BCUT2D eigenvalue weighted by Crippen LogP contribution is 2.10. The molecule has 21 heavy (non-hydrogen) atoms. The van der Waals surface area contributed by atoms with E-state index >= 15 is 0 Å². The van der Waals surface area contributed by atoms with Gasteiger partial charge in [-0.05, 0) is 23.8 Å². The van der Waals surface area contributed by atoms with Crippen LogP contribution in [0.5, 0.6) is 0 Å². The molecule has 6 heteroatoms. The molecule has 0 atom stereocenters. The number of benzene rings is 1. The molecule has 2 aromatic rings. The minimum Gasteiger partial charge on any atom is -0.481 e. The summed E-state index contributed by atoms with van der Waals surface area (Å²) in [5, 5.41) is 12.7. The third kappa shape index (κ3) is 4.17. The van der Waals surface area contributed by atoms with Gasteiger partial charge in [-0.25, -0.2) is 4.68 Å². The molecule has 1 aromatic carbocycles. The second kappa shape index (κ2) is 6.69. The Balaban J connectivity index is 1.94. The second-order valence-corrected chi connectivity index (χ2v) is 4.75. The zero-order chi connectivity index (χ0) is 15.2. The van der Waals surface area contributed by atoms with Crippen molar-refractivity contribution in [3.63, 3.8) is 0 Å². The first-order valence-electron chi connectivity index (χ1n) is 6.61. The van der Waals surface area contributed by atoms with Crippen molar-refractivity contribution in [1.29, 1.82) is 0 Å². The summed E-state index contributed by atoms with van der Waals surface area (Å²) in [6.45, 7) is 0.222. The van der Waals surface area contributed by atoms with Gasteiger partial charge in [0.05, 0.1) is 18.5 Å². The number of hydrogen-bond acceptors (Lipinski definition) is 3. The fourth-order valence-electron chi connectivity index (χ4n) is 1.89. The lowest BCUT2D eigenvalue weighted by atomic mass is 10.1. The summed E-state index contributed by atoms with van der Waals surface area (Å²) in [4.78, 5) is 23.9. The van der Waals surface area contributed by atoms with Gasteiger partial charge in [-0.15, -0.1) is 0 Å². The SMILES string of the molecule is CN(CCC(=O)O)C(=O)Cc1ccc(-n2cccn2)cc1. The fraction of sp³-hybridized carbons (Fsp3) is 0.267. The van der Waals surface area contributed by atoms with Crippen LogP contribution in [0.15, 0.2) is 42.7 Å². The summed E-state index contributed by atoms with van der Waals surface area (Å²) in [6.07, 6.45) is 3.77. The molecule has 0 saturated heterocycles. The first-order chi connectivity index (χ1) is 10.1. The number of amides is 1. The number of carboxylic acids is 1. The van der Waals surface area contributed by atoms with Crippen molar-refractivity contribution in [2.24, 2.45) is 0 Å². The Labute approximate surface area is 122 Å². The van der Waals surface area contributed by atoms with E-state index in [4.69, 9.17) is 5.11 Å². The molecule has 1 N–H and O–H groups in total. The van der Waals surface area contributed by atoms with Crippen molar-refractivity contribution >= 4 is 11.9 Å². The van der Waals surface area contributed by atoms with Gasteiger partial charge in [0.1, 0.15) is 0 Å². The van der Waals surface area contributed by atoms with Crippen LogP contribution in [0, 0.1) is 0 Å². The third-order valence-corrected chi connectivity index (χ3v) is 3.15. The van der Waals surface area contributed by atoms with Crippen LogP contribution in [-0.4, -0.2) is 45.3 Å². The Kier molecular flexibility index (Phi) is 4.71. The molecule has 0 bridgehead atoms. The van der Waals surface area contributed by atoms with Crippen LogP contribution < -0.4 is 0 Å². The first-order valence-corrected chi connectivity index (χ1v) is 6.61. The predicted molar refractivity (Wildman–Crippen MR) is 77.2 cm³/mol. The molecule has 110 valence electrons. The summed E-state index contributed by atoms with van der Waals surface area (Å²) in [5.74, 6) is -0.999. The predicted octanol–water partition coefficient (Wildman–Crippen LogP) is 1.35. The molecular weight excluding hydrogens is 270 g/mol. The van der Waals surface area contributed by atoms with Gasteiger partial charge in [-0.1, -0.05) is 12.1 Å². The molecule has 0 radical (unpaired) electrons. The average molecular weight is 287 g/mol. The molecule has 0 aliphatic carbocycles. The molecule has 0 saturated carbocycles. The Hall–Kier alpha value is -2.63. The summed E-state index contributed by atoms with van der Waals surface area (Å²) in [5.41, 5.74) is 1.81. The van der Waals surface area contributed by atoms with Crippen LogP contribution in [0.4, 0.5) is 0 Å². The Bertz CT molecular complexity index is 606. The Morgan fingerprint density at radius 3 is 2.57 bits per heavy atom. The summed E-state index contributed by atoms with van der Waals surface area (Å²) >= 11 is 0. The van der Waals surface area contributed by atoms with Crippen molar-refractivity contribution in [3.05, 3.63) is 48.3 Å². The van der Waals surface area contributed by atoms with Gasteiger partial charge >= 0.3 is 5.97 Å². The van der Waals surface area contributed by atoms with Crippen LogP contribution >= 0.6 is 0 Å². The molecule has 0 spiro atoms. The van der Waals surface area contributed by atoms with E-state index in [9.17, 15) is 9.59 Å². The van der Waals surface area contributed by atoms with Gasteiger partial charge in [0.2, 0.25) is 5.91 Å². The number of aromatic nitrogens is 2. The number of hydrogen-bond donors (Lipinski definition) is 1. The second-order valence-electron chi connectivity index (χ2n) is 4.75. The van der Waals surface area contributed by atoms with E-state index in [1.165, 1.54) is 4.90 Å². The molecule has 1 heterocycles. The third-order valence-electron chi connectivity index (χ3n) is 3.15. The minimum atomic E-state index is -0.904. The minimum absolute atomic E-state index is 0.0412. The van der Waals surface area contributed by atoms with E-state index in [1.54, 1.807) is 17.9 Å². The zero-order valence-electron chi connectivity index (χ0n) is 11.8. The van der Waals surface area contributed by atoms with Crippen molar-refractivity contribution in [2.75, 3.05) is 13.6 Å². The number of carbonyl (C=O) groups excluding carboxylic acids is 1. The molecule has 6 nitrogen and oxygen atoms in total. The molecule has 0 aliphatic rings. The van der Waals surface area contributed by atoms with Crippen LogP contribution in [0.3, 0.4) is 0 Å². The number of likely N-dealkylation sites (N-methyl/N-ethyl adjacent to an activating group) is 1. The smallest absolute Gasteiger partial charge is 0.305 e. The highest BCUT2D eigenvalue weighted by molar-refractivity contribution is 5.79. The van der Waals surface area contributed by atoms with E-state index in [0.717, 1.165) is 11.3 Å². The number of rotatable bonds is 6. The maximum Gasteiger partial charge on any atom is 0.305 e. The molecule has 2 rings (SSSR count). The van der Waals surface area contributed by atoms with Crippen molar-refractivity contribution in [1.82, 2.24) is 14.7 Å². The van der Waals surface area contributed by atoms with Gasteiger partial charge in [0, 0.05) is 26.0 Å². The number of nitrogens with zero attached hydrogens (tertiary/aromatic N) is 3. The Morgan fingerprint density at radius 1 is 1.29 bits per heavy atom. The molecule has 1 aromatic heterocycles. The monoisotopic (exact) mass is 287 g/mol. The molecular formula is C15H17N3O3. The summed E-state index contributed by atoms with van der Waals surface area (Å²) in [7, 11) is 1.61. The lowest BCUT2D eigenvalue weighted by molar-refractivity contribution is -0.138. The summed E-state index contributed by atoms with van der Waals surface area (Å²) in [6, 6.07) is 9.38. The van der Waals surface area contributed by atoms with E-state index < -0.39 is 5.97 Å². The molecule has 0 unspecified atom stereocenters. The van der Waals surface area contributed by atoms with Crippen LogP contribution in [0.25, 0.3) is 5.69 Å². The highest BCUT2D eigenvalue weighted by atomic mass is 16.4. The highest BCUT2D eigenvalue weighted by Gasteiger charge is 2.11. The van der Waals surface area contributed by atoms with Crippen molar-refractivity contribution in [2.45, 2.75) is 12.8 Å². The van der Waals surface area contributed by atoms with Gasteiger partial charge in [-0.2, -0.15) is 5.10 Å². The molecule has 0 fully saturated rings. The van der Waals surface area contributed by atoms with Crippen molar-refractivity contribution < 1.29 is 14.7 Å². The first kappa shape index (κ1) is 14.8. The quantitative estimate of drug-likeness (QED) is 0.870. The summed E-state index contributed by atoms with van der Waals surface area (Å²) < 4.78 is 1.74.